The van der Waals surface area contributed by atoms with E-state index in [1.807, 2.05) is 0 Å². The SMILES string of the molecule is CCCCCCC/C=C\CCCCCCCC(=O)OCC(COP(=O)(O)OCC)OC(=O)CCCCCCCCC/C=C\CCCCCCCC. The van der Waals surface area contributed by atoms with Crippen molar-refractivity contribution in [1.29, 1.82) is 0 Å². The third-order valence-corrected chi connectivity index (χ3v) is 10.0. The van der Waals surface area contributed by atoms with Gasteiger partial charge in [-0.05, 0) is 71.1 Å². The molecule has 2 unspecified atom stereocenters. The molecule has 0 aliphatic rings. The fraction of sp³-hybridized carbons (Fsp3) is 0.857. The Kier molecular flexibility index (Phi) is 37.2. The zero-order valence-corrected chi connectivity index (χ0v) is 34.2. The first-order valence-corrected chi connectivity index (χ1v) is 22.6. The van der Waals surface area contributed by atoms with Crippen LogP contribution in [-0.4, -0.2) is 42.8 Å². The normalized spacial score (nSPS) is 13.6. The summed E-state index contributed by atoms with van der Waals surface area (Å²) in [5, 5.41) is 0. The van der Waals surface area contributed by atoms with E-state index >= 15 is 0 Å². The highest BCUT2D eigenvalue weighted by atomic mass is 31.2. The van der Waals surface area contributed by atoms with Gasteiger partial charge < -0.3 is 14.4 Å². The zero-order chi connectivity index (χ0) is 37.5. The Morgan fingerprint density at radius 2 is 0.882 bits per heavy atom. The van der Waals surface area contributed by atoms with E-state index in [-0.39, 0.29) is 32.0 Å². The second-order valence-electron chi connectivity index (χ2n) is 14.0. The molecule has 1 N–H and O–H groups in total. The van der Waals surface area contributed by atoms with E-state index < -0.39 is 26.5 Å². The maximum absolute atomic E-state index is 12.5. The lowest BCUT2D eigenvalue weighted by molar-refractivity contribution is -0.161. The number of hydrogen-bond acceptors (Lipinski definition) is 7. The highest BCUT2D eigenvalue weighted by Gasteiger charge is 2.25. The Hall–Kier alpha value is -1.47. The molecule has 0 saturated carbocycles. The molecule has 2 atom stereocenters. The number of esters is 2. The summed E-state index contributed by atoms with van der Waals surface area (Å²) in [6.07, 6.45) is 40.8. The second-order valence-corrected chi connectivity index (χ2v) is 15.5. The van der Waals surface area contributed by atoms with E-state index in [1.54, 1.807) is 6.92 Å². The number of rotatable bonds is 39. The van der Waals surface area contributed by atoms with Gasteiger partial charge in [0.1, 0.15) is 6.61 Å². The molecule has 0 spiro atoms. The minimum atomic E-state index is -4.28. The largest absolute Gasteiger partial charge is 0.472 e. The lowest BCUT2D eigenvalue weighted by Crippen LogP contribution is -2.29. The fourth-order valence-corrected chi connectivity index (χ4v) is 6.61. The van der Waals surface area contributed by atoms with E-state index in [0.717, 1.165) is 64.2 Å². The van der Waals surface area contributed by atoms with E-state index in [2.05, 4.69) is 38.2 Å². The maximum Gasteiger partial charge on any atom is 0.472 e. The highest BCUT2D eigenvalue weighted by Crippen LogP contribution is 2.43. The summed E-state index contributed by atoms with van der Waals surface area (Å²) in [6, 6.07) is 0. The molecular weight excluding hydrogens is 663 g/mol. The molecule has 0 aromatic heterocycles. The Balaban J connectivity index is 4.10. The standard InChI is InChI=1S/C42H79O8P/c1-4-7-9-11-13-15-17-19-21-22-23-25-27-29-31-33-35-37-42(44)50-40(39-49-51(45,46)48-6-3)38-47-41(43)36-34-32-30-28-26-24-20-18-16-14-12-10-8-5-2/h18-21,40H,4-17,22-39H2,1-3H3,(H,45,46)/b20-18-,21-19-. The molecule has 0 aromatic carbocycles. The van der Waals surface area contributed by atoms with E-state index in [0.29, 0.717) is 6.42 Å². The molecule has 0 saturated heterocycles. The van der Waals surface area contributed by atoms with E-state index in [4.69, 9.17) is 18.5 Å². The van der Waals surface area contributed by atoms with Crippen LogP contribution in [0.15, 0.2) is 24.3 Å². The smallest absolute Gasteiger partial charge is 0.462 e. The van der Waals surface area contributed by atoms with Gasteiger partial charge in [0.15, 0.2) is 6.10 Å². The average Bonchev–Trinajstić information content (AvgIpc) is 3.10. The fourth-order valence-electron chi connectivity index (χ4n) is 5.85. The predicted molar refractivity (Wildman–Crippen MR) is 212 cm³/mol. The van der Waals surface area contributed by atoms with Gasteiger partial charge in [0.2, 0.25) is 0 Å². The van der Waals surface area contributed by atoms with E-state index in [9.17, 15) is 19.0 Å². The first kappa shape index (κ1) is 49.5. The van der Waals surface area contributed by atoms with Crippen molar-refractivity contribution >= 4 is 19.8 Å². The molecule has 0 rings (SSSR count). The first-order chi connectivity index (χ1) is 24.8. The van der Waals surface area contributed by atoms with E-state index in [1.165, 1.54) is 103 Å². The lowest BCUT2D eigenvalue weighted by atomic mass is 10.1. The van der Waals surface area contributed by atoms with Crippen molar-refractivity contribution in [3.05, 3.63) is 24.3 Å². The molecule has 0 bridgehead atoms. The summed E-state index contributed by atoms with van der Waals surface area (Å²) < 4.78 is 32.6. The highest BCUT2D eigenvalue weighted by molar-refractivity contribution is 7.47. The lowest BCUT2D eigenvalue weighted by Gasteiger charge is -2.19. The molecule has 8 nitrogen and oxygen atoms in total. The molecular formula is C42H79O8P. The number of unbranched alkanes of at least 4 members (excludes halogenated alkanes) is 23. The molecule has 0 amide bonds. The molecule has 0 aliphatic carbocycles. The van der Waals surface area contributed by atoms with Gasteiger partial charge in [0, 0.05) is 12.8 Å². The van der Waals surface area contributed by atoms with Crippen molar-refractivity contribution < 1.29 is 37.6 Å². The van der Waals surface area contributed by atoms with Crippen molar-refractivity contribution in [2.45, 2.75) is 213 Å². The van der Waals surface area contributed by atoms with Gasteiger partial charge in [-0.1, -0.05) is 147 Å². The van der Waals surface area contributed by atoms with Gasteiger partial charge in [-0.2, -0.15) is 0 Å². The summed E-state index contributed by atoms with van der Waals surface area (Å²) in [6.45, 7) is 5.46. The number of hydrogen-bond donors (Lipinski definition) is 1. The molecule has 0 aromatic rings. The Labute approximate surface area is 313 Å². The summed E-state index contributed by atoms with van der Waals surface area (Å²) in [4.78, 5) is 34.7. The number of phosphoric ester groups is 1. The Morgan fingerprint density at radius 3 is 1.29 bits per heavy atom. The van der Waals surface area contributed by atoms with Crippen LogP contribution in [0.3, 0.4) is 0 Å². The van der Waals surface area contributed by atoms with Crippen molar-refractivity contribution in [2.24, 2.45) is 0 Å². The Morgan fingerprint density at radius 1 is 0.510 bits per heavy atom. The van der Waals surface area contributed by atoms with Crippen LogP contribution < -0.4 is 0 Å². The van der Waals surface area contributed by atoms with Gasteiger partial charge in [-0.25, -0.2) is 4.57 Å². The third-order valence-electron chi connectivity index (χ3n) is 8.98. The quantitative estimate of drug-likeness (QED) is 0.0287. The zero-order valence-electron chi connectivity index (χ0n) is 33.3. The number of carbonyl (C=O) groups excluding carboxylic acids is 2. The molecule has 0 heterocycles. The molecule has 51 heavy (non-hydrogen) atoms. The molecule has 0 radical (unpaired) electrons. The molecule has 0 aliphatic heterocycles. The van der Waals surface area contributed by atoms with Crippen LogP contribution in [-0.2, 0) is 32.7 Å². The van der Waals surface area contributed by atoms with Gasteiger partial charge in [0.25, 0.3) is 0 Å². The minimum Gasteiger partial charge on any atom is -0.462 e. The van der Waals surface area contributed by atoms with Gasteiger partial charge in [-0.15, -0.1) is 0 Å². The number of phosphoric acid groups is 1. The first-order valence-electron chi connectivity index (χ1n) is 21.1. The van der Waals surface area contributed by atoms with Crippen LogP contribution in [0.4, 0.5) is 0 Å². The molecule has 300 valence electrons. The van der Waals surface area contributed by atoms with Crippen LogP contribution in [0.1, 0.15) is 207 Å². The molecule has 9 heteroatoms. The van der Waals surface area contributed by atoms with Crippen LogP contribution in [0.5, 0.6) is 0 Å². The summed E-state index contributed by atoms with van der Waals surface area (Å²) in [5.41, 5.74) is 0. The van der Waals surface area contributed by atoms with Crippen LogP contribution in [0, 0.1) is 0 Å². The summed E-state index contributed by atoms with van der Waals surface area (Å²) in [7, 11) is -4.28. The van der Waals surface area contributed by atoms with Crippen LogP contribution >= 0.6 is 7.82 Å². The average molecular weight is 743 g/mol. The van der Waals surface area contributed by atoms with Crippen molar-refractivity contribution in [3.8, 4) is 0 Å². The maximum atomic E-state index is 12.5. The van der Waals surface area contributed by atoms with Gasteiger partial charge in [0.05, 0.1) is 13.2 Å². The van der Waals surface area contributed by atoms with Crippen molar-refractivity contribution in [3.63, 3.8) is 0 Å². The monoisotopic (exact) mass is 743 g/mol. The van der Waals surface area contributed by atoms with Crippen LogP contribution in [0.25, 0.3) is 0 Å². The summed E-state index contributed by atoms with van der Waals surface area (Å²) in [5.74, 6) is -0.808. The molecule has 0 fully saturated rings. The second kappa shape index (κ2) is 38.3. The number of carbonyl (C=O) groups is 2. The van der Waals surface area contributed by atoms with Gasteiger partial charge >= 0.3 is 19.8 Å². The van der Waals surface area contributed by atoms with Crippen LogP contribution in [0.2, 0.25) is 0 Å². The Bertz CT molecular complexity index is 890. The minimum absolute atomic E-state index is 0.000527. The number of allylic oxidation sites excluding steroid dienone is 4. The predicted octanol–water partition coefficient (Wildman–Crippen LogP) is 13.1. The van der Waals surface area contributed by atoms with Gasteiger partial charge in [-0.3, -0.25) is 18.6 Å². The summed E-state index contributed by atoms with van der Waals surface area (Å²) >= 11 is 0. The van der Waals surface area contributed by atoms with Crippen molar-refractivity contribution in [1.82, 2.24) is 0 Å². The van der Waals surface area contributed by atoms with Crippen molar-refractivity contribution in [2.75, 3.05) is 19.8 Å². The topological polar surface area (TPSA) is 108 Å². The third kappa shape index (κ3) is 38.1. The number of ether oxygens (including phenoxy) is 2.